The Morgan fingerprint density at radius 2 is 1.88 bits per heavy atom. The zero-order valence-corrected chi connectivity index (χ0v) is 16.4. The molecule has 1 atom stereocenters. The summed E-state index contributed by atoms with van der Waals surface area (Å²) in [4.78, 5) is 15.7. The van der Waals surface area contributed by atoms with E-state index in [0.29, 0.717) is 16.3 Å². The molecular formula is C19H17BrClNO3. The van der Waals surface area contributed by atoms with Gasteiger partial charge in [0.05, 0.1) is 19.7 Å². The number of Topliss-reactive ketones (excluding diaryl/α,β-unsaturated/α-hetero) is 1. The van der Waals surface area contributed by atoms with E-state index in [0.717, 1.165) is 27.8 Å². The van der Waals surface area contributed by atoms with Crippen LogP contribution in [0.2, 0.25) is 5.02 Å². The van der Waals surface area contributed by atoms with Gasteiger partial charge in [0.15, 0.2) is 5.78 Å². The molecule has 2 aromatic carbocycles. The van der Waals surface area contributed by atoms with Gasteiger partial charge in [-0.2, -0.15) is 0 Å². The molecule has 6 heteroatoms. The number of aromatic nitrogens is 1. The van der Waals surface area contributed by atoms with E-state index in [1.807, 2.05) is 19.1 Å². The monoisotopic (exact) mass is 421 g/mol. The SMILES string of the molecule is COc1cc(Cl)ccc1C(Br)C(=O)c1c[nH]c2c(C)c(OC)ccc12. The van der Waals surface area contributed by atoms with Gasteiger partial charge in [0.25, 0.3) is 0 Å². The Labute approximate surface area is 159 Å². The molecule has 4 nitrogen and oxygen atoms in total. The van der Waals surface area contributed by atoms with Crippen molar-refractivity contribution in [1.82, 2.24) is 4.98 Å². The van der Waals surface area contributed by atoms with E-state index in [9.17, 15) is 4.79 Å². The Bertz CT molecular complexity index is 951. The Morgan fingerprint density at radius 3 is 2.56 bits per heavy atom. The highest BCUT2D eigenvalue weighted by Crippen LogP contribution is 2.37. The fourth-order valence-electron chi connectivity index (χ4n) is 2.92. The minimum absolute atomic E-state index is 0.0589. The molecule has 1 unspecified atom stereocenters. The Balaban J connectivity index is 2.04. The van der Waals surface area contributed by atoms with Gasteiger partial charge in [-0.15, -0.1) is 0 Å². The maximum atomic E-state index is 13.1. The number of carbonyl (C=O) groups is 1. The van der Waals surface area contributed by atoms with E-state index in [1.54, 1.807) is 38.6 Å². The van der Waals surface area contributed by atoms with Crippen molar-refractivity contribution >= 4 is 44.2 Å². The molecule has 0 saturated carbocycles. The smallest absolute Gasteiger partial charge is 0.183 e. The van der Waals surface area contributed by atoms with Crippen LogP contribution in [0.5, 0.6) is 11.5 Å². The maximum absolute atomic E-state index is 13.1. The molecule has 0 aliphatic rings. The van der Waals surface area contributed by atoms with Crippen LogP contribution in [-0.2, 0) is 0 Å². The van der Waals surface area contributed by atoms with Crippen LogP contribution in [0, 0.1) is 6.92 Å². The number of hydrogen-bond acceptors (Lipinski definition) is 3. The molecule has 0 fully saturated rings. The van der Waals surface area contributed by atoms with Gasteiger partial charge >= 0.3 is 0 Å². The number of carbonyl (C=O) groups excluding carboxylic acids is 1. The average Bonchev–Trinajstić information content (AvgIpc) is 3.05. The zero-order chi connectivity index (χ0) is 18.1. The van der Waals surface area contributed by atoms with E-state index < -0.39 is 4.83 Å². The van der Waals surface area contributed by atoms with Crippen molar-refractivity contribution < 1.29 is 14.3 Å². The first kappa shape index (κ1) is 17.8. The summed E-state index contributed by atoms with van der Waals surface area (Å²) >= 11 is 9.52. The van der Waals surface area contributed by atoms with Gasteiger partial charge in [-0.05, 0) is 31.2 Å². The zero-order valence-electron chi connectivity index (χ0n) is 14.0. The molecule has 0 bridgehead atoms. The summed E-state index contributed by atoms with van der Waals surface area (Å²) in [6.07, 6.45) is 1.73. The van der Waals surface area contributed by atoms with Crippen LogP contribution in [0.1, 0.15) is 26.3 Å². The molecule has 25 heavy (non-hydrogen) atoms. The Kier molecular flexibility index (Phi) is 5.06. The standard InChI is InChI=1S/C19H17BrClNO3/c1-10-15(24-2)7-6-12-14(9-22-18(10)12)19(23)17(20)13-5-4-11(21)8-16(13)25-3/h4-9,17,22H,1-3H3. The van der Waals surface area contributed by atoms with Crippen LogP contribution in [0.25, 0.3) is 10.9 Å². The van der Waals surface area contributed by atoms with E-state index in [-0.39, 0.29) is 5.78 Å². The second-order valence-electron chi connectivity index (χ2n) is 5.63. The number of ketones is 1. The number of ether oxygens (including phenoxy) is 2. The van der Waals surface area contributed by atoms with Crippen LogP contribution in [0.3, 0.4) is 0 Å². The lowest BCUT2D eigenvalue weighted by Gasteiger charge is -2.14. The number of aromatic amines is 1. The van der Waals surface area contributed by atoms with Crippen LogP contribution < -0.4 is 9.47 Å². The quantitative estimate of drug-likeness (QED) is 0.438. The van der Waals surface area contributed by atoms with Crippen molar-refractivity contribution in [2.75, 3.05) is 14.2 Å². The molecule has 0 aliphatic heterocycles. The second kappa shape index (κ2) is 7.10. The van der Waals surface area contributed by atoms with Gasteiger partial charge in [-0.1, -0.05) is 33.6 Å². The third-order valence-electron chi connectivity index (χ3n) is 4.25. The predicted octanol–water partition coefficient (Wildman–Crippen LogP) is 5.47. The summed E-state index contributed by atoms with van der Waals surface area (Å²) in [5.74, 6) is 1.29. The molecule has 130 valence electrons. The molecule has 0 aliphatic carbocycles. The minimum Gasteiger partial charge on any atom is -0.496 e. The van der Waals surface area contributed by atoms with Crippen molar-refractivity contribution in [3.8, 4) is 11.5 Å². The van der Waals surface area contributed by atoms with Crippen LogP contribution >= 0.6 is 27.5 Å². The molecule has 1 heterocycles. The highest BCUT2D eigenvalue weighted by atomic mass is 79.9. The number of fused-ring (bicyclic) bond motifs is 1. The molecule has 0 amide bonds. The number of H-pyrrole nitrogens is 1. The van der Waals surface area contributed by atoms with E-state index in [2.05, 4.69) is 20.9 Å². The molecule has 0 saturated heterocycles. The van der Waals surface area contributed by atoms with Crippen molar-refractivity contribution in [2.45, 2.75) is 11.8 Å². The van der Waals surface area contributed by atoms with Gasteiger partial charge in [-0.3, -0.25) is 4.79 Å². The summed E-state index contributed by atoms with van der Waals surface area (Å²) in [6, 6.07) is 8.99. The maximum Gasteiger partial charge on any atom is 0.183 e. The van der Waals surface area contributed by atoms with Crippen molar-refractivity contribution in [2.24, 2.45) is 0 Å². The number of benzene rings is 2. The lowest BCUT2D eigenvalue weighted by atomic mass is 10.0. The number of methoxy groups -OCH3 is 2. The van der Waals surface area contributed by atoms with Crippen molar-refractivity contribution in [1.29, 1.82) is 0 Å². The summed E-state index contributed by atoms with van der Waals surface area (Å²) in [7, 11) is 3.19. The summed E-state index contributed by atoms with van der Waals surface area (Å²) in [5.41, 5.74) is 3.20. The first-order chi connectivity index (χ1) is 12.0. The van der Waals surface area contributed by atoms with E-state index in [1.165, 1.54) is 0 Å². The lowest BCUT2D eigenvalue weighted by Crippen LogP contribution is -2.08. The fraction of sp³-hybridized carbons (Fsp3) is 0.211. The molecule has 1 aromatic heterocycles. The summed E-state index contributed by atoms with van der Waals surface area (Å²) in [5, 5.41) is 1.42. The van der Waals surface area contributed by atoms with Crippen LogP contribution in [-0.4, -0.2) is 25.0 Å². The first-order valence-corrected chi connectivity index (χ1v) is 8.93. The summed E-state index contributed by atoms with van der Waals surface area (Å²) in [6.45, 7) is 1.96. The van der Waals surface area contributed by atoms with Crippen LogP contribution in [0.4, 0.5) is 0 Å². The topological polar surface area (TPSA) is 51.3 Å². The van der Waals surface area contributed by atoms with Crippen molar-refractivity contribution in [3.63, 3.8) is 0 Å². The molecule has 3 rings (SSSR count). The third-order valence-corrected chi connectivity index (χ3v) is 5.39. The summed E-state index contributed by atoms with van der Waals surface area (Å²) < 4.78 is 10.7. The second-order valence-corrected chi connectivity index (χ2v) is 6.98. The highest BCUT2D eigenvalue weighted by Gasteiger charge is 2.25. The normalized spacial score (nSPS) is 12.2. The molecular weight excluding hydrogens is 406 g/mol. The van der Waals surface area contributed by atoms with Gasteiger partial charge in [0, 0.05) is 33.3 Å². The Morgan fingerprint density at radius 1 is 1.16 bits per heavy atom. The van der Waals surface area contributed by atoms with E-state index in [4.69, 9.17) is 21.1 Å². The molecule has 1 N–H and O–H groups in total. The van der Waals surface area contributed by atoms with Gasteiger partial charge in [-0.25, -0.2) is 0 Å². The first-order valence-electron chi connectivity index (χ1n) is 7.64. The molecule has 0 spiro atoms. The van der Waals surface area contributed by atoms with Gasteiger partial charge < -0.3 is 14.5 Å². The number of nitrogens with one attached hydrogen (secondary N) is 1. The third kappa shape index (κ3) is 3.14. The lowest BCUT2D eigenvalue weighted by molar-refractivity contribution is 0.0992. The fourth-order valence-corrected chi connectivity index (χ4v) is 3.71. The number of hydrogen-bond donors (Lipinski definition) is 1. The number of halogens is 2. The van der Waals surface area contributed by atoms with Crippen LogP contribution in [0.15, 0.2) is 36.5 Å². The van der Waals surface area contributed by atoms with Gasteiger partial charge in [0.2, 0.25) is 0 Å². The van der Waals surface area contributed by atoms with E-state index >= 15 is 0 Å². The number of alkyl halides is 1. The minimum atomic E-state index is -0.541. The number of aryl methyl sites for hydroxylation is 1. The largest absolute Gasteiger partial charge is 0.496 e. The van der Waals surface area contributed by atoms with Gasteiger partial charge in [0.1, 0.15) is 16.3 Å². The number of rotatable bonds is 5. The average molecular weight is 423 g/mol. The van der Waals surface area contributed by atoms with Crippen molar-refractivity contribution in [3.05, 3.63) is 58.2 Å². The predicted molar refractivity (Wildman–Crippen MR) is 104 cm³/mol. The highest BCUT2D eigenvalue weighted by molar-refractivity contribution is 9.09. The molecule has 0 radical (unpaired) electrons. The molecule has 3 aromatic rings. The Hall–Kier alpha value is -1.98.